The molecule has 0 amide bonds. The van der Waals surface area contributed by atoms with Crippen LogP contribution in [0, 0.1) is 11.3 Å². The molecular formula is C53H36N4. The highest BCUT2D eigenvalue weighted by Gasteiger charge is 2.35. The molecule has 1 heterocycles. The van der Waals surface area contributed by atoms with Gasteiger partial charge in [0.2, 0.25) is 0 Å². The first-order chi connectivity index (χ1) is 27.9. The van der Waals surface area contributed by atoms with Crippen molar-refractivity contribution in [2.45, 2.75) is 19.3 Å². The summed E-state index contributed by atoms with van der Waals surface area (Å²) in [5.74, 6) is 1.90. The quantitative estimate of drug-likeness (QED) is 0.171. The summed E-state index contributed by atoms with van der Waals surface area (Å²) in [5, 5.41) is 12.5. The second kappa shape index (κ2) is 13.7. The predicted molar refractivity (Wildman–Crippen MR) is 232 cm³/mol. The van der Waals surface area contributed by atoms with E-state index in [1.165, 1.54) is 22.3 Å². The maximum absolute atomic E-state index is 10.2. The van der Waals surface area contributed by atoms with Gasteiger partial charge in [0.15, 0.2) is 17.5 Å². The Labute approximate surface area is 332 Å². The zero-order valence-electron chi connectivity index (χ0n) is 31.6. The summed E-state index contributed by atoms with van der Waals surface area (Å²) < 4.78 is 0. The third kappa shape index (κ3) is 5.98. The third-order valence-corrected chi connectivity index (χ3v) is 11.4. The van der Waals surface area contributed by atoms with Gasteiger partial charge in [0.25, 0.3) is 0 Å². The van der Waals surface area contributed by atoms with Gasteiger partial charge >= 0.3 is 0 Å². The lowest BCUT2D eigenvalue weighted by molar-refractivity contribution is 0.660. The van der Waals surface area contributed by atoms with Gasteiger partial charge in [0.05, 0.1) is 11.6 Å². The van der Waals surface area contributed by atoms with Crippen LogP contribution >= 0.6 is 0 Å². The van der Waals surface area contributed by atoms with Crippen molar-refractivity contribution in [2.24, 2.45) is 0 Å². The van der Waals surface area contributed by atoms with Crippen LogP contribution in [0.4, 0.5) is 0 Å². The molecule has 0 radical (unpaired) electrons. The normalized spacial score (nSPS) is 12.5. The second-order valence-electron chi connectivity index (χ2n) is 15.2. The molecule has 0 fully saturated rings. The maximum atomic E-state index is 10.2. The summed E-state index contributed by atoms with van der Waals surface area (Å²) in [6, 6.07) is 65.7. The summed E-state index contributed by atoms with van der Waals surface area (Å²) in [6.07, 6.45) is 0. The summed E-state index contributed by atoms with van der Waals surface area (Å²) >= 11 is 0. The number of benzene rings is 8. The van der Waals surface area contributed by atoms with Crippen molar-refractivity contribution in [2.75, 3.05) is 0 Å². The Morgan fingerprint density at radius 3 is 1.44 bits per heavy atom. The lowest BCUT2D eigenvalue weighted by Gasteiger charge is -2.22. The highest BCUT2D eigenvalue weighted by atomic mass is 15.0. The molecular weight excluding hydrogens is 693 g/mol. The summed E-state index contributed by atoms with van der Waals surface area (Å²) in [6.45, 7) is 4.60. The van der Waals surface area contributed by atoms with Crippen LogP contribution in [-0.4, -0.2) is 15.0 Å². The van der Waals surface area contributed by atoms with Gasteiger partial charge in [-0.25, -0.2) is 15.0 Å². The van der Waals surface area contributed by atoms with E-state index in [1.807, 2.05) is 72.8 Å². The van der Waals surface area contributed by atoms with E-state index >= 15 is 0 Å². The number of hydrogen-bond donors (Lipinski definition) is 0. The van der Waals surface area contributed by atoms with Crippen molar-refractivity contribution in [3.05, 3.63) is 199 Å². The van der Waals surface area contributed by atoms with Crippen LogP contribution in [0.15, 0.2) is 182 Å². The SMILES string of the molecule is CC1(C)c2ccccc2-c2ccc(-c3cc(C#N)cc(-c4ccc(-c5ccc(-c6nc(-c7ccccc7)nc(-c7ccccc7)n6)cc5)c5ccccc45)c3)cc21. The molecule has 4 nitrogen and oxygen atoms in total. The first kappa shape index (κ1) is 34.0. The minimum absolute atomic E-state index is 0.108. The Morgan fingerprint density at radius 2 is 0.825 bits per heavy atom. The zero-order valence-corrected chi connectivity index (χ0v) is 31.6. The average molecular weight is 729 g/mol. The summed E-state index contributed by atoms with van der Waals surface area (Å²) in [5.41, 5.74) is 15.0. The van der Waals surface area contributed by atoms with E-state index in [4.69, 9.17) is 15.0 Å². The third-order valence-electron chi connectivity index (χ3n) is 11.4. The first-order valence-electron chi connectivity index (χ1n) is 19.2. The fraction of sp³-hybridized carbons (Fsp3) is 0.0566. The van der Waals surface area contributed by atoms with Crippen molar-refractivity contribution in [1.29, 1.82) is 5.26 Å². The molecule has 57 heavy (non-hydrogen) atoms. The molecule has 4 heteroatoms. The molecule has 1 aliphatic rings. The van der Waals surface area contributed by atoms with Gasteiger partial charge in [-0.1, -0.05) is 172 Å². The molecule has 10 rings (SSSR count). The Morgan fingerprint density at radius 1 is 0.368 bits per heavy atom. The second-order valence-corrected chi connectivity index (χ2v) is 15.2. The topological polar surface area (TPSA) is 62.5 Å². The molecule has 1 aliphatic carbocycles. The molecule has 1 aromatic heterocycles. The molecule has 8 aromatic carbocycles. The van der Waals surface area contributed by atoms with Crippen molar-refractivity contribution in [3.8, 4) is 84.7 Å². The number of fused-ring (bicyclic) bond motifs is 4. The number of hydrogen-bond acceptors (Lipinski definition) is 4. The van der Waals surface area contributed by atoms with Crippen LogP contribution in [0.5, 0.6) is 0 Å². The van der Waals surface area contributed by atoms with Crippen molar-refractivity contribution < 1.29 is 0 Å². The smallest absolute Gasteiger partial charge is 0.164 e. The van der Waals surface area contributed by atoms with Crippen LogP contribution in [0.25, 0.3) is 89.4 Å². The minimum atomic E-state index is -0.108. The van der Waals surface area contributed by atoms with Crippen LogP contribution in [-0.2, 0) is 5.41 Å². The van der Waals surface area contributed by atoms with E-state index in [9.17, 15) is 5.26 Å². The molecule has 0 N–H and O–H groups in total. The van der Waals surface area contributed by atoms with Gasteiger partial charge in [-0.3, -0.25) is 0 Å². The Balaban J connectivity index is 1.03. The molecule has 0 bridgehead atoms. The average Bonchev–Trinajstić information content (AvgIpc) is 3.51. The Hall–Kier alpha value is -7.48. The standard InChI is InChI=1S/C53H36N4/c1-53(2)48-20-12-11-19-46(48)47-26-25-39(32-49(47)53)40-29-34(33-54)30-41(31-40)43-28-27-42(44-17-9-10-18-45(43)44)35-21-23-38(24-22-35)52-56-50(36-13-5-3-6-14-36)55-51(57-52)37-15-7-4-8-16-37/h3-32H,1-2H3. The maximum Gasteiger partial charge on any atom is 0.164 e. The molecule has 0 saturated heterocycles. The van der Waals surface area contributed by atoms with E-state index in [-0.39, 0.29) is 5.41 Å². The molecule has 268 valence electrons. The molecule has 0 aliphatic heterocycles. The van der Waals surface area contributed by atoms with Gasteiger partial charge in [0, 0.05) is 22.1 Å². The van der Waals surface area contributed by atoms with Gasteiger partial charge in [-0.15, -0.1) is 0 Å². The highest BCUT2D eigenvalue weighted by molar-refractivity contribution is 6.05. The van der Waals surface area contributed by atoms with Gasteiger partial charge in [-0.05, 0) is 90.7 Å². The van der Waals surface area contributed by atoms with Gasteiger partial charge in [-0.2, -0.15) is 5.26 Å². The molecule has 0 unspecified atom stereocenters. The predicted octanol–water partition coefficient (Wildman–Crippen LogP) is 13.2. The van der Waals surface area contributed by atoms with Crippen LogP contribution < -0.4 is 0 Å². The van der Waals surface area contributed by atoms with E-state index in [2.05, 4.69) is 129 Å². The Kier molecular flexibility index (Phi) is 8.17. The lowest BCUT2D eigenvalue weighted by atomic mass is 9.81. The number of nitriles is 1. The minimum Gasteiger partial charge on any atom is -0.208 e. The Bertz CT molecular complexity index is 2970. The largest absolute Gasteiger partial charge is 0.208 e. The van der Waals surface area contributed by atoms with Gasteiger partial charge < -0.3 is 0 Å². The lowest BCUT2D eigenvalue weighted by Crippen LogP contribution is -2.14. The van der Waals surface area contributed by atoms with Crippen molar-refractivity contribution in [3.63, 3.8) is 0 Å². The van der Waals surface area contributed by atoms with E-state index in [1.54, 1.807) is 0 Å². The van der Waals surface area contributed by atoms with Crippen molar-refractivity contribution >= 4 is 10.8 Å². The number of rotatable bonds is 6. The number of aromatic nitrogens is 3. The summed E-state index contributed by atoms with van der Waals surface area (Å²) in [4.78, 5) is 14.7. The molecule has 9 aromatic rings. The van der Waals surface area contributed by atoms with Crippen LogP contribution in [0.3, 0.4) is 0 Å². The summed E-state index contributed by atoms with van der Waals surface area (Å²) in [7, 11) is 0. The van der Waals surface area contributed by atoms with Crippen LogP contribution in [0.1, 0.15) is 30.5 Å². The van der Waals surface area contributed by atoms with Gasteiger partial charge in [0.1, 0.15) is 0 Å². The highest BCUT2D eigenvalue weighted by Crippen LogP contribution is 2.49. The zero-order chi connectivity index (χ0) is 38.5. The fourth-order valence-electron chi connectivity index (χ4n) is 8.44. The molecule has 0 spiro atoms. The van der Waals surface area contributed by atoms with Crippen LogP contribution in [0.2, 0.25) is 0 Å². The fourth-order valence-corrected chi connectivity index (χ4v) is 8.44. The van der Waals surface area contributed by atoms with Crippen molar-refractivity contribution in [1.82, 2.24) is 15.0 Å². The molecule has 0 atom stereocenters. The monoisotopic (exact) mass is 728 g/mol. The van der Waals surface area contributed by atoms with E-state index < -0.39 is 0 Å². The number of nitrogens with zero attached hydrogens (tertiary/aromatic N) is 4. The first-order valence-corrected chi connectivity index (χ1v) is 19.2. The molecule has 0 saturated carbocycles. The van der Waals surface area contributed by atoms with E-state index in [0.29, 0.717) is 23.0 Å². The van der Waals surface area contributed by atoms with E-state index in [0.717, 1.165) is 60.8 Å².